The molecule has 1 amide bonds. The Morgan fingerprint density at radius 3 is 2.54 bits per heavy atom. The number of benzene rings is 2. The van der Waals surface area contributed by atoms with Crippen LogP contribution in [0.5, 0.6) is 5.75 Å². The van der Waals surface area contributed by atoms with Gasteiger partial charge >= 0.3 is 6.09 Å². The van der Waals surface area contributed by atoms with E-state index < -0.39 is 23.3 Å². The van der Waals surface area contributed by atoms with Crippen LogP contribution in [0.2, 0.25) is 5.02 Å². The Balaban J connectivity index is 1.79. The summed E-state index contributed by atoms with van der Waals surface area (Å²) in [5, 5.41) is 0.339. The van der Waals surface area contributed by atoms with E-state index in [1.807, 2.05) is 32.6 Å². The number of anilines is 1. The van der Waals surface area contributed by atoms with Crippen LogP contribution in [0, 0.1) is 11.6 Å². The zero-order chi connectivity index (χ0) is 27.1. The van der Waals surface area contributed by atoms with E-state index in [1.54, 1.807) is 4.90 Å². The fraction of sp³-hybridized carbons (Fsp3) is 0.423. The second-order valence-electron chi connectivity index (χ2n) is 9.83. The second-order valence-corrected chi connectivity index (χ2v) is 10.5. The van der Waals surface area contributed by atoms with Gasteiger partial charge in [0.05, 0.1) is 23.6 Å². The van der Waals surface area contributed by atoms with Crippen LogP contribution in [0.4, 0.5) is 19.4 Å². The van der Waals surface area contributed by atoms with Crippen LogP contribution in [-0.2, 0) is 10.6 Å². The highest BCUT2D eigenvalue weighted by Gasteiger charge is 2.33. The van der Waals surface area contributed by atoms with Gasteiger partial charge in [-0.3, -0.25) is 0 Å². The summed E-state index contributed by atoms with van der Waals surface area (Å²) in [4.78, 5) is 25.1. The molecule has 0 radical (unpaired) electrons. The zero-order valence-electron chi connectivity index (χ0n) is 21.2. The van der Waals surface area contributed by atoms with E-state index >= 15 is 4.39 Å². The molecular formula is C26H28Cl2F2N4O3. The average Bonchev–Trinajstić information content (AvgIpc) is 2.83. The van der Waals surface area contributed by atoms with Crippen molar-refractivity contribution in [1.82, 2.24) is 14.9 Å². The van der Waals surface area contributed by atoms with Crippen LogP contribution in [0.25, 0.3) is 22.0 Å². The summed E-state index contributed by atoms with van der Waals surface area (Å²) in [7, 11) is 1.37. The third-order valence-electron chi connectivity index (χ3n) is 6.03. The van der Waals surface area contributed by atoms with E-state index in [2.05, 4.69) is 9.97 Å². The lowest BCUT2D eigenvalue weighted by Gasteiger charge is -2.41. The minimum Gasteiger partial charge on any atom is -0.496 e. The summed E-state index contributed by atoms with van der Waals surface area (Å²) in [6.45, 7) is 8.55. The summed E-state index contributed by atoms with van der Waals surface area (Å²) in [5.74, 6) is -0.765. The van der Waals surface area contributed by atoms with Gasteiger partial charge in [-0.2, -0.15) is 0 Å². The quantitative estimate of drug-likeness (QED) is 0.348. The normalized spacial score (nSPS) is 16.3. The molecule has 1 aliphatic heterocycles. The molecule has 0 saturated carbocycles. The minimum atomic E-state index is -0.804. The second kappa shape index (κ2) is 10.5. The van der Waals surface area contributed by atoms with E-state index in [4.69, 9.17) is 32.7 Å². The number of methoxy groups -OCH3 is 1. The van der Waals surface area contributed by atoms with Crippen LogP contribution in [0.15, 0.2) is 24.3 Å². The highest BCUT2D eigenvalue weighted by Crippen LogP contribution is 2.42. The summed E-state index contributed by atoms with van der Waals surface area (Å²) in [5.41, 5.74) is -0.898. The van der Waals surface area contributed by atoms with Crippen LogP contribution >= 0.6 is 23.2 Å². The molecule has 1 aliphatic rings. The Kier molecular flexibility index (Phi) is 7.67. The van der Waals surface area contributed by atoms with Gasteiger partial charge in [-0.1, -0.05) is 17.7 Å². The number of amides is 1. The maximum absolute atomic E-state index is 16.0. The van der Waals surface area contributed by atoms with Crippen molar-refractivity contribution >= 4 is 46.0 Å². The van der Waals surface area contributed by atoms with E-state index in [9.17, 15) is 9.18 Å². The van der Waals surface area contributed by atoms with Crippen molar-refractivity contribution in [3.63, 3.8) is 0 Å². The van der Waals surface area contributed by atoms with Gasteiger partial charge in [0.1, 0.15) is 34.3 Å². The van der Waals surface area contributed by atoms with Gasteiger partial charge in [0.2, 0.25) is 0 Å². The summed E-state index contributed by atoms with van der Waals surface area (Å²) < 4.78 is 41.7. The molecule has 3 aromatic rings. The molecule has 1 fully saturated rings. The van der Waals surface area contributed by atoms with Crippen LogP contribution in [0.3, 0.4) is 0 Å². The van der Waals surface area contributed by atoms with Crippen LogP contribution in [0.1, 0.15) is 33.5 Å². The van der Waals surface area contributed by atoms with E-state index in [0.29, 0.717) is 30.8 Å². The van der Waals surface area contributed by atoms with Gasteiger partial charge in [0, 0.05) is 36.6 Å². The minimum absolute atomic E-state index is 0.0164. The lowest BCUT2D eigenvalue weighted by Crippen LogP contribution is -2.55. The third kappa shape index (κ3) is 5.38. The monoisotopic (exact) mass is 552 g/mol. The number of fused-ring (bicyclic) bond motifs is 1. The molecule has 0 spiro atoms. The number of aromatic nitrogens is 2. The fourth-order valence-corrected chi connectivity index (χ4v) is 4.82. The lowest BCUT2D eigenvalue weighted by molar-refractivity contribution is 0.0158. The summed E-state index contributed by atoms with van der Waals surface area (Å²) >= 11 is 12.6. The molecule has 37 heavy (non-hydrogen) atoms. The van der Waals surface area contributed by atoms with Crippen molar-refractivity contribution in [3.8, 4) is 16.9 Å². The number of nitrogens with zero attached hydrogens (tertiary/aromatic N) is 4. The number of hydrogen-bond donors (Lipinski definition) is 0. The van der Waals surface area contributed by atoms with E-state index in [1.165, 1.54) is 31.4 Å². The highest BCUT2D eigenvalue weighted by molar-refractivity contribution is 6.34. The van der Waals surface area contributed by atoms with E-state index in [-0.39, 0.29) is 45.2 Å². The van der Waals surface area contributed by atoms with Gasteiger partial charge < -0.3 is 19.3 Å². The van der Waals surface area contributed by atoms with Gasteiger partial charge in [-0.05, 0) is 45.9 Å². The first-order chi connectivity index (χ1) is 17.4. The predicted octanol–water partition coefficient (Wildman–Crippen LogP) is 6.42. The number of alkyl halides is 1. The summed E-state index contributed by atoms with van der Waals surface area (Å²) in [6, 6.07) is 5.52. The molecule has 2 heterocycles. The van der Waals surface area contributed by atoms with Crippen molar-refractivity contribution in [2.45, 2.75) is 45.2 Å². The number of rotatable bonds is 4. The Morgan fingerprint density at radius 2 is 1.92 bits per heavy atom. The fourth-order valence-electron chi connectivity index (χ4n) is 4.41. The molecule has 0 bridgehead atoms. The maximum Gasteiger partial charge on any atom is 0.410 e. The molecule has 11 heteroatoms. The molecule has 1 aromatic heterocycles. The zero-order valence-corrected chi connectivity index (χ0v) is 22.8. The third-order valence-corrected chi connectivity index (χ3v) is 6.57. The Morgan fingerprint density at radius 1 is 1.19 bits per heavy atom. The van der Waals surface area contributed by atoms with Crippen LogP contribution in [-0.4, -0.2) is 59.3 Å². The Labute approximate surface area is 224 Å². The van der Waals surface area contributed by atoms with Crippen molar-refractivity contribution < 1.29 is 23.0 Å². The SMILES string of the molecule is COc1cccc(F)c1-c1c(Cl)cc2c(N3CCN(C(=O)OC(C)(C)C)C(C)C3)nc(CCl)nc2c1F. The first-order valence-electron chi connectivity index (χ1n) is 11.8. The Hall–Kier alpha value is -2.91. The van der Waals surface area contributed by atoms with E-state index in [0.717, 1.165) is 0 Å². The van der Waals surface area contributed by atoms with Crippen LogP contribution < -0.4 is 9.64 Å². The molecule has 4 rings (SSSR count). The molecule has 7 nitrogen and oxygen atoms in total. The number of carbonyl (C=O) groups excluding carboxylic acids is 1. The first kappa shape index (κ1) is 27.1. The number of hydrogen-bond acceptors (Lipinski definition) is 6. The largest absolute Gasteiger partial charge is 0.496 e. The van der Waals surface area contributed by atoms with Crippen molar-refractivity contribution in [2.75, 3.05) is 31.6 Å². The van der Waals surface area contributed by atoms with Crippen molar-refractivity contribution in [3.05, 3.63) is 46.7 Å². The lowest BCUT2D eigenvalue weighted by atomic mass is 10.0. The predicted molar refractivity (Wildman–Crippen MR) is 141 cm³/mol. The highest BCUT2D eigenvalue weighted by atomic mass is 35.5. The standard InChI is InChI=1S/C26H28Cl2F2N4O3/c1-14-13-33(9-10-34(14)25(35)37-26(2,3)4)24-15-11-16(28)20(21-17(29)7-6-8-18(21)36-5)22(30)23(15)31-19(12-27)32-24/h6-8,11,14H,9-10,12-13H2,1-5H3. The van der Waals surface area contributed by atoms with Gasteiger partial charge in [-0.25, -0.2) is 23.5 Å². The van der Waals surface area contributed by atoms with Crippen molar-refractivity contribution in [1.29, 1.82) is 0 Å². The molecule has 2 aromatic carbocycles. The molecular weight excluding hydrogens is 525 g/mol. The van der Waals surface area contributed by atoms with Gasteiger partial charge in [0.15, 0.2) is 5.82 Å². The molecule has 1 unspecified atom stereocenters. The van der Waals surface area contributed by atoms with Crippen molar-refractivity contribution in [2.24, 2.45) is 0 Å². The number of piperazine rings is 1. The Bertz CT molecular complexity index is 1350. The number of carbonyl (C=O) groups is 1. The van der Waals surface area contributed by atoms with Gasteiger partial charge in [-0.15, -0.1) is 11.6 Å². The molecule has 0 aliphatic carbocycles. The maximum atomic E-state index is 16.0. The molecule has 1 atom stereocenters. The number of halogens is 4. The molecule has 0 N–H and O–H groups in total. The molecule has 198 valence electrons. The topological polar surface area (TPSA) is 67.8 Å². The van der Waals surface area contributed by atoms with Gasteiger partial charge in [0.25, 0.3) is 0 Å². The number of ether oxygens (including phenoxy) is 2. The summed E-state index contributed by atoms with van der Waals surface area (Å²) in [6.07, 6.45) is -0.397. The average molecular weight is 553 g/mol. The first-order valence-corrected chi connectivity index (χ1v) is 12.7. The molecule has 1 saturated heterocycles. The smallest absolute Gasteiger partial charge is 0.410 e.